The molecule has 0 saturated heterocycles. The molecule has 0 aliphatic carbocycles. The van der Waals surface area contributed by atoms with E-state index >= 15 is 0 Å². The smallest absolute Gasteiger partial charge is 0.333 e. The van der Waals surface area contributed by atoms with Crippen LogP contribution in [0.3, 0.4) is 0 Å². The zero-order valence-corrected chi connectivity index (χ0v) is 53.5. The molecular weight excluding hydrogens is 971 g/mol. The number of carboxylic acids is 2. The van der Waals surface area contributed by atoms with Gasteiger partial charge in [-0.3, -0.25) is 33.6 Å². The van der Waals surface area contributed by atoms with Crippen LogP contribution in [0, 0.1) is 35.5 Å². The van der Waals surface area contributed by atoms with Gasteiger partial charge in [-0.15, -0.1) is 0 Å². The predicted molar refractivity (Wildman–Crippen MR) is 311 cm³/mol. The Kier molecular flexibility index (Phi) is 52.7. The van der Waals surface area contributed by atoms with Gasteiger partial charge in [-0.1, -0.05) is 125 Å². The van der Waals surface area contributed by atoms with Gasteiger partial charge in [0.2, 0.25) is 0 Å². The van der Waals surface area contributed by atoms with Gasteiger partial charge >= 0.3 is 11.9 Å². The van der Waals surface area contributed by atoms with Crippen molar-refractivity contribution in [2.24, 2.45) is 35.5 Å². The number of hydrogen-bond donors (Lipinski definition) is 5. The van der Waals surface area contributed by atoms with Gasteiger partial charge < -0.3 is 40.4 Å². The minimum absolute atomic E-state index is 0.0226. The molecule has 0 spiro atoms. The summed E-state index contributed by atoms with van der Waals surface area (Å²) in [6.45, 7) is 54.0. The van der Waals surface area contributed by atoms with Crippen LogP contribution in [0.15, 0.2) is 0 Å². The van der Waals surface area contributed by atoms with Crippen LogP contribution in [0.2, 0.25) is 0 Å². The van der Waals surface area contributed by atoms with Gasteiger partial charge in [0.15, 0.2) is 6.10 Å². The third-order valence-corrected chi connectivity index (χ3v) is 10.4. The highest BCUT2D eigenvalue weighted by Gasteiger charge is 2.25. The highest BCUT2D eigenvalue weighted by atomic mass is 16.5. The van der Waals surface area contributed by atoms with Crippen molar-refractivity contribution in [3.8, 4) is 0 Å². The van der Waals surface area contributed by atoms with E-state index in [2.05, 4.69) is 57.5 Å². The molecule has 76 heavy (non-hydrogen) atoms. The largest absolute Gasteiger partial charge is 0.480 e. The van der Waals surface area contributed by atoms with Crippen LogP contribution >= 0.6 is 0 Å². The van der Waals surface area contributed by atoms with Crippen LogP contribution in [-0.4, -0.2) is 130 Å². The Labute approximate surface area is 464 Å². The number of aliphatic carboxylic acids is 2. The van der Waals surface area contributed by atoms with Crippen molar-refractivity contribution in [2.45, 2.75) is 305 Å². The Bertz CT molecular complexity index is 1390. The molecule has 0 aliphatic rings. The Balaban J connectivity index is -0.000000194. The van der Waals surface area contributed by atoms with Crippen molar-refractivity contribution in [1.82, 2.24) is 16.0 Å². The van der Waals surface area contributed by atoms with Crippen LogP contribution in [0.25, 0.3) is 0 Å². The lowest BCUT2D eigenvalue weighted by Gasteiger charge is -2.17. The van der Waals surface area contributed by atoms with E-state index in [4.69, 9.17) is 24.4 Å². The van der Waals surface area contributed by atoms with E-state index in [1.165, 1.54) is 0 Å². The van der Waals surface area contributed by atoms with Crippen molar-refractivity contribution in [3.05, 3.63) is 0 Å². The highest BCUT2D eigenvalue weighted by Crippen LogP contribution is 2.11. The number of rotatable bonds is 32. The Hall–Kier alpha value is -3.28. The van der Waals surface area contributed by atoms with Crippen molar-refractivity contribution < 1.29 is 62.8 Å². The topological polar surface area (TPSA) is 241 Å². The fourth-order valence-electron chi connectivity index (χ4n) is 6.39. The first kappa shape index (κ1) is 84.0. The second-order valence-electron chi connectivity index (χ2n) is 23.6. The zero-order chi connectivity index (χ0) is 61.5. The van der Waals surface area contributed by atoms with Crippen molar-refractivity contribution in [2.75, 3.05) is 0 Å². The maximum absolute atomic E-state index is 11.3. The SMILES string of the molecule is CC(C)NC(C)CC(=O)C(C)C.CC(C)NC(C)CC(=O)C(C)C.CC(C)NC(CC(=O)C(C)C)C(=O)O.CC(C)OC(C)CC(=O)C(C)C.CC(C)OC(C)CC(=O)C(C)C.CC(C)OC(CC(=O)C(C)C)C(=O)O. The Morgan fingerprint density at radius 2 is 0.539 bits per heavy atom. The van der Waals surface area contributed by atoms with Crippen LogP contribution in [0.5, 0.6) is 0 Å². The number of hydrogen-bond acceptors (Lipinski definition) is 14. The molecule has 452 valence electrons. The molecule has 0 rings (SSSR count). The lowest BCUT2D eigenvalue weighted by Crippen LogP contribution is -2.42. The molecule has 16 nitrogen and oxygen atoms in total. The number of Topliss-reactive ketones (excluding diaryl/α,β-unsaturated/α-hetero) is 6. The maximum atomic E-state index is 11.3. The summed E-state index contributed by atoms with van der Waals surface area (Å²) in [6.07, 6.45) is 1.72. The van der Waals surface area contributed by atoms with E-state index in [1.807, 2.05) is 111 Å². The minimum atomic E-state index is -1.08. The number of ether oxygens (including phenoxy) is 3. The highest BCUT2D eigenvalue weighted by molar-refractivity contribution is 5.87. The third-order valence-electron chi connectivity index (χ3n) is 10.4. The molecule has 0 amide bonds. The summed E-state index contributed by atoms with van der Waals surface area (Å²) < 4.78 is 16.0. The average molecular weight is 1090 g/mol. The molecular formula is C60H119N3O13. The number of nitrogens with one attached hydrogen (secondary N) is 3. The number of carbonyl (C=O) groups is 8. The van der Waals surface area contributed by atoms with Gasteiger partial charge in [-0.25, -0.2) is 4.79 Å². The standard InChI is InChI=1S/C10H19NO3.2C10H21NO.C10H18O4.2C10H20O2/c1-6(2)9(12)5-8(10(13)14)11-7(3)4;2*1-7(2)10(12)6-9(5)11-8(3)4;1-6(2)8(11)5-9(10(12)13)14-7(3)4;2*1-7(2)10(11)6-9(5)12-8(3)4/h6-8,11H,5H2,1-4H3,(H,13,14);2*7-9,11H,6H2,1-5H3;6-7,9H,5H2,1-4H3,(H,12,13);2*7-9H,6H2,1-5H3. The molecule has 0 heterocycles. The molecule has 0 aliphatic heterocycles. The summed E-state index contributed by atoms with van der Waals surface area (Å²) in [7, 11) is 0. The molecule has 16 heteroatoms. The van der Waals surface area contributed by atoms with Gasteiger partial charge in [0.05, 0.1) is 30.5 Å². The molecule has 0 fully saturated rings. The monoisotopic (exact) mass is 1090 g/mol. The van der Waals surface area contributed by atoms with E-state index in [-0.39, 0.29) is 108 Å². The lowest BCUT2D eigenvalue weighted by atomic mass is 10.0. The predicted octanol–water partition coefficient (Wildman–Crippen LogP) is 11.3. The third kappa shape index (κ3) is 58.4. The van der Waals surface area contributed by atoms with E-state index in [9.17, 15) is 38.4 Å². The van der Waals surface area contributed by atoms with E-state index < -0.39 is 24.1 Å². The molecule has 0 bridgehead atoms. The summed E-state index contributed by atoms with van der Waals surface area (Å²) in [4.78, 5) is 89.2. The molecule has 0 aromatic rings. The molecule has 6 unspecified atom stereocenters. The fourth-order valence-corrected chi connectivity index (χ4v) is 6.39. The Morgan fingerprint density at radius 1 is 0.303 bits per heavy atom. The first-order valence-electron chi connectivity index (χ1n) is 28.3. The summed E-state index contributed by atoms with van der Waals surface area (Å²) >= 11 is 0. The summed E-state index contributed by atoms with van der Waals surface area (Å²) in [6, 6.07) is 0.834. The van der Waals surface area contributed by atoms with Crippen molar-refractivity contribution >= 4 is 46.6 Å². The van der Waals surface area contributed by atoms with Gasteiger partial charge in [-0.2, -0.15) is 0 Å². The molecule has 0 radical (unpaired) electrons. The van der Waals surface area contributed by atoms with Gasteiger partial charge in [-0.05, 0) is 69.2 Å². The quantitative estimate of drug-likeness (QED) is 0.0421. The van der Waals surface area contributed by atoms with E-state index in [0.29, 0.717) is 61.4 Å². The lowest BCUT2D eigenvalue weighted by molar-refractivity contribution is -0.156. The van der Waals surface area contributed by atoms with Gasteiger partial charge in [0, 0.05) is 104 Å². The number of ketones is 6. The summed E-state index contributed by atoms with van der Waals surface area (Å²) in [5, 5.41) is 27.1. The maximum Gasteiger partial charge on any atom is 0.333 e. The minimum Gasteiger partial charge on any atom is -0.480 e. The second-order valence-corrected chi connectivity index (χ2v) is 23.6. The summed E-state index contributed by atoms with van der Waals surface area (Å²) in [5.41, 5.74) is 0. The van der Waals surface area contributed by atoms with Crippen LogP contribution < -0.4 is 16.0 Å². The van der Waals surface area contributed by atoms with Gasteiger partial charge in [0.1, 0.15) is 40.7 Å². The van der Waals surface area contributed by atoms with Crippen molar-refractivity contribution in [3.63, 3.8) is 0 Å². The number of carbonyl (C=O) groups excluding carboxylic acids is 6. The zero-order valence-electron chi connectivity index (χ0n) is 53.5. The average Bonchev–Trinajstić information content (AvgIpc) is 3.22. The van der Waals surface area contributed by atoms with E-state index in [1.54, 1.807) is 41.5 Å². The van der Waals surface area contributed by atoms with Gasteiger partial charge in [0.25, 0.3) is 0 Å². The number of carboxylic acid groups (broad SMARTS) is 2. The fraction of sp³-hybridized carbons (Fsp3) is 0.867. The molecule has 6 atom stereocenters. The second kappa shape index (κ2) is 47.7. The molecule has 0 aromatic carbocycles. The molecule has 0 saturated carbocycles. The van der Waals surface area contributed by atoms with E-state index in [0.717, 1.165) is 0 Å². The van der Waals surface area contributed by atoms with Crippen LogP contribution in [0.1, 0.15) is 232 Å². The van der Waals surface area contributed by atoms with Crippen LogP contribution in [-0.2, 0) is 52.6 Å². The van der Waals surface area contributed by atoms with Crippen LogP contribution in [0.4, 0.5) is 0 Å². The summed E-state index contributed by atoms with van der Waals surface area (Å²) in [5.74, 6) is -0.561. The first-order valence-corrected chi connectivity index (χ1v) is 28.3. The normalized spacial score (nSPS) is 13.7. The van der Waals surface area contributed by atoms with Crippen molar-refractivity contribution in [1.29, 1.82) is 0 Å². The molecule has 5 N–H and O–H groups in total. The Morgan fingerprint density at radius 3 is 0.750 bits per heavy atom. The molecule has 0 aromatic heterocycles. The first-order chi connectivity index (χ1) is 34.4.